The Bertz CT molecular complexity index is 179. The molecule has 4 heteroatoms. The third-order valence-corrected chi connectivity index (χ3v) is 1.18. The monoisotopic (exact) mass is 146 g/mol. The normalized spacial score (nSPS) is 7.45. The van der Waals surface area contributed by atoms with Crippen LogP contribution in [0, 0.1) is 0 Å². The third kappa shape index (κ3) is 4.05. The van der Waals surface area contributed by atoms with Gasteiger partial charge in [0, 0.05) is 32.2 Å². The van der Waals surface area contributed by atoms with Crippen LogP contribution in [0.3, 0.4) is 0 Å². The molecule has 3 nitrogen and oxygen atoms in total. The van der Waals surface area contributed by atoms with Gasteiger partial charge < -0.3 is 10.4 Å². The van der Waals surface area contributed by atoms with Gasteiger partial charge in [0.2, 0.25) is 0 Å². The number of hydrogen-bond acceptors (Lipinski definition) is 3. The Morgan fingerprint density at radius 3 is 1.91 bits per heavy atom. The van der Waals surface area contributed by atoms with Crippen LogP contribution >= 0.6 is 0 Å². The van der Waals surface area contributed by atoms with Crippen LogP contribution in [-0.4, -0.2) is 24.6 Å². The molecule has 1 rings (SSSR count). The van der Waals surface area contributed by atoms with Crippen molar-refractivity contribution in [2.45, 2.75) is 0 Å². The first kappa shape index (κ1) is 13.1. The quantitative estimate of drug-likeness (QED) is 0.429. The molecule has 1 heterocycles. The van der Waals surface area contributed by atoms with Gasteiger partial charge in [-0.15, -0.1) is 0 Å². The van der Waals surface area contributed by atoms with Crippen molar-refractivity contribution in [3.05, 3.63) is 24.5 Å². The van der Waals surface area contributed by atoms with E-state index in [2.05, 4.69) is 4.98 Å². The van der Waals surface area contributed by atoms with Crippen molar-refractivity contribution in [3.63, 3.8) is 0 Å². The first-order valence-electron chi connectivity index (χ1n) is 2.88. The minimum absolute atomic E-state index is 0. The summed E-state index contributed by atoms with van der Waals surface area (Å²) in [4.78, 5) is 5.94. The van der Waals surface area contributed by atoms with Crippen molar-refractivity contribution >= 4 is 5.69 Å². The van der Waals surface area contributed by atoms with E-state index in [9.17, 15) is 0 Å². The zero-order valence-electron chi connectivity index (χ0n) is 7.15. The molecule has 0 unspecified atom stereocenters. The van der Waals surface area contributed by atoms with Crippen LogP contribution in [-0.2, 0) is 0 Å². The summed E-state index contributed by atoms with van der Waals surface area (Å²) < 4.78 is 0. The third-order valence-electron chi connectivity index (χ3n) is 1.18. The molecule has 0 aliphatic heterocycles. The van der Waals surface area contributed by atoms with Gasteiger partial charge in [-0.05, 0) is 12.1 Å². The maximum atomic E-state index is 3.90. The van der Waals surface area contributed by atoms with Gasteiger partial charge in [-0.2, -0.15) is 0 Å². The Hall–Kier alpha value is -0.493. The molecule has 1 aromatic rings. The first-order valence-corrected chi connectivity index (χ1v) is 2.88. The largest absolute Gasteiger partial charge is 1.00 e. The molecule has 0 radical (unpaired) electrons. The van der Waals surface area contributed by atoms with E-state index in [1.807, 2.05) is 31.1 Å². The van der Waals surface area contributed by atoms with E-state index in [0.29, 0.717) is 0 Å². The van der Waals surface area contributed by atoms with Crippen LogP contribution in [0.1, 0.15) is 0 Å². The molecule has 0 aliphatic rings. The summed E-state index contributed by atoms with van der Waals surface area (Å²) >= 11 is 0. The van der Waals surface area contributed by atoms with Gasteiger partial charge >= 0.3 is 18.9 Å². The molecule has 0 atom stereocenters. The summed E-state index contributed by atoms with van der Waals surface area (Å²) in [7, 11) is 4.02. The molecular weight excluding hydrogens is 135 g/mol. The van der Waals surface area contributed by atoms with Crippen molar-refractivity contribution in [1.29, 1.82) is 0 Å². The Morgan fingerprint density at radius 1 is 1.18 bits per heavy atom. The van der Waals surface area contributed by atoms with Crippen LogP contribution in [0.5, 0.6) is 0 Å². The molecule has 0 fully saturated rings. The molecule has 0 saturated heterocycles. The van der Waals surface area contributed by atoms with Gasteiger partial charge in [0.1, 0.15) is 0 Å². The number of hydrogen-bond donors (Lipinski definition) is 0. The second-order valence-corrected chi connectivity index (χ2v) is 2.10. The number of pyridine rings is 1. The fourth-order valence-electron chi connectivity index (χ4n) is 0.642. The standard InChI is InChI=1S/C7H10N2.Li.H2O/c1-9(2)7-3-5-8-6-4-7;;/h3-6H,1-2H3;;1H2/q;+1;/p-1. The number of nitrogens with zero attached hydrogens (tertiary/aromatic N) is 2. The van der Waals surface area contributed by atoms with Crippen LogP contribution in [0.15, 0.2) is 24.5 Å². The molecular formula is C7H11LiN2O. The molecule has 0 spiro atoms. The minimum Gasteiger partial charge on any atom is -0.870 e. The average molecular weight is 146 g/mol. The van der Waals surface area contributed by atoms with E-state index in [0.717, 1.165) is 0 Å². The second kappa shape index (κ2) is 6.23. The van der Waals surface area contributed by atoms with Gasteiger partial charge in [0.05, 0.1) is 0 Å². The van der Waals surface area contributed by atoms with Crippen LogP contribution < -0.4 is 23.8 Å². The summed E-state index contributed by atoms with van der Waals surface area (Å²) in [6.45, 7) is 0. The van der Waals surface area contributed by atoms with E-state index in [1.165, 1.54) is 5.69 Å². The molecule has 0 amide bonds. The summed E-state index contributed by atoms with van der Waals surface area (Å²) in [5, 5.41) is 0. The van der Waals surface area contributed by atoms with Gasteiger partial charge in [-0.1, -0.05) is 0 Å². The van der Waals surface area contributed by atoms with Gasteiger partial charge in [-0.3, -0.25) is 4.98 Å². The Morgan fingerprint density at radius 2 is 1.64 bits per heavy atom. The summed E-state index contributed by atoms with van der Waals surface area (Å²) in [6, 6.07) is 3.94. The van der Waals surface area contributed by atoms with Crippen LogP contribution in [0.25, 0.3) is 0 Å². The van der Waals surface area contributed by atoms with E-state index in [1.54, 1.807) is 12.4 Å². The fraction of sp³-hybridized carbons (Fsp3) is 0.286. The SMILES string of the molecule is CN(C)c1ccncc1.[Li+].[OH-]. The number of rotatable bonds is 1. The minimum atomic E-state index is 0. The predicted molar refractivity (Wildman–Crippen MR) is 40.5 cm³/mol. The summed E-state index contributed by atoms with van der Waals surface area (Å²) in [5.74, 6) is 0. The molecule has 11 heavy (non-hydrogen) atoms. The molecule has 0 aromatic carbocycles. The van der Waals surface area contributed by atoms with Gasteiger partial charge in [-0.25, -0.2) is 0 Å². The second-order valence-electron chi connectivity index (χ2n) is 2.10. The van der Waals surface area contributed by atoms with E-state index in [-0.39, 0.29) is 24.3 Å². The number of anilines is 1. The summed E-state index contributed by atoms with van der Waals surface area (Å²) in [5.41, 5.74) is 1.19. The van der Waals surface area contributed by atoms with Crippen molar-refractivity contribution < 1.29 is 24.3 Å². The van der Waals surface area contributed by atoms with E-state index in [4.69, 9.17) is 0 Å². The van der Waals surface area contributed by atoms with Crippen molar-refractivity contribution in [3.8, 4) is 0 Å². The van der Waals surface area contributed by atoms with Crippen molar-refractivity contribution in [2.24, 2.45) is 0 Å². The molecule has 1 N–H and O–H groups in total. The van der Waals surface area contributed by atoms with Gasteiger partial charge in [0.15, 0.2) is 0 Å². The predicted octanol–water partition coefficient (Wildman–Crippen LogP) is -2.03. The zero-order chi connectivity index (χ0) is 6.69. The van der Waals surface area contributed by atoms with Crippen LogP contribution in [0.4, 0.5) is 5.69 Å². The Labute approximate surface area is 78.9 Å². The van der Waals surface area contributed by atoms with E-state index < -0.39 is 0 Å². The molecule has 0 bridgehead atoms. The Kier molecular flexibility index (Phi) is 7.44. The maximum Gasteiger partial charge on any atom is 1.00 e. The molecule has 0 saturated carbocycles. The molecule has 0 aliphatic carbocycles. The number of aromatic nitrogens is 1. The van der Waals surface area contributed by atoms with Crippen molar-refractivity contribution in [1.82, 2.24) is 4.98 Å². The topological polar surface area (TPSA) is 46.1 Å². The average Bonchev–Trinajstić information content (AvgIpc) is 1.90. The summed E-state index contributed by atoms with van der Waals surface area (Å²) in [6.07, 6.45) is 3.57. The first-order chi connectivity index (χ1) is 4.30. The Balaban J connectivity index is 0. The van der Waals surface area contributed by atoms with E-state index >= 15 is 0 Å². The van der Waals surface area contributed by atoms with Crippen LogP contribution in [0.2, 0.25) is 0 Å². The zero-order valence-corrected chi connectivity index (χ0v) is 7.15. The van der Waals surface area contributed by atoms with Gasteiger partial charge in [0.25, 0.3) is 0 Å². The molecule has 1 aromatic heterocycles. The fourth-order valence-corrected chi connectivity index (χ4v) is 0.642. The van der Waals surface area contributed by atoms with Crippen molar-refractivity contribution in [2.75, 3.05) is 19.0 Å². The smallest absolute Gasteiger partial charge is 0.870 e. The molecule has 56 valence electrons. The maximum absolute atomic E-state index is 3.90.